The van der Waals surface area contributed by atoms with Crippen molar-refractivity contribution in [3.63, 3.8) is 0 Å². The third-order valence-corrected chi connectivity index (χ3v) is 4.52. The molecule has 26 heavy (non-hydrogen) atoms. The molecule has 1 aromatic carbocycles. The van der Waals surface area contributed by atoms with Crippen molar-refractivity contribution in [3.05, 3.63) is 50.7 Å². The van der Waals surface area contributed by atoms with Gasteiger partial charge < -0.3 is 4.98 Å². The number of benzene rings is 1. The summed E-state index contributed by atoms with van der Waals surface area (Å²) >= 11 is 0. The van der Waals surface area contributed by atoms with Gasteiger partial charge in [-0.05, 0) is 24.8 Å². The first kappa shape index (κ1) is 18.2. The summed E-state index contributed by atoms with van der Waals surface area (Å²) in [5.41, 5.74) is 2.47. The number of fused-ring (bicyclic) bond motifs is 1. The molecule has 1 N–H and O–H groups in total. The molecule has 0 spiro atoms. The van der Waals surface area contributed by atoms with Crippen LogP contribution < -0.4 is 11.2 Å². The van der Waals surface area contributed by atoms with E-state index in [1.54, 1.807) is 4.57 Å². The first-order valence-electron chi connectivity index (χ1n) is 9.43. The largest absolute Gasteiger partial charge is 0.332 e. The highest BCUT2D eigenvalue weighted by Crippen LogP contribution is 2.19. The maximum absolute atomic E-state index is 12.8. The number of aromatic amines is 1. The van der Waals surface area contributed by atoms with Crippen molar-refractivity contribution in [1.82, 2.24) is 19.1 Å². The van der Waals surface area contributed by atoms with Gasteiger partial charge >= 0.3 is 5.69 Å². The van der Waals surface area contributed by atoms with E-state index < -0.39 is 0 Å². The van der Waals surface area contributed by atoms with Crippen LogP contribution >= 0.6 is 0 Å². The Hall–Kier alpha value is -2.63. The van der Waals surface area contributed by atoms with Gasteiger partial charge in [0.15, 0.2) is 5.65 Å². The lowest BCUT2D eigenvalue weighted by Gasteiger charge is -2.09. The summed E-state index contributed by atoms with van der Waals surface area (Å²) in [4.78, 5) is 33.2. The van der Waals surface area contributed by atoms with Gasteiger partial charge in [0.2, 0.25) is 0 Å². The van der Waals surface area contributed by atoms with Crippen LogP contribution in [-0.2, 0) is 19.5 Å². The number of H-pyrrole nitrogens is 1. The number of hydrogen-bond donors (Lipinski definition) is 1. The Bertz CT molecular complexity index is 1010. The number of aryl methyl sites for hydroxylation is 2. The van der Waals surface area contributed by atoms with Gasteiger partial charge in [0.25, 0.3) is 5.56 Å². The second-order valence-corrected chi connectivity index (χ2v) is 6.62. The Labute approximate surface area is 152 Å². The fraction of sp³-hybridized carbons (Fsp3) is 0.450. The van der Waals surface area contributed by atoms with E-state index in [0.717, 1.165) is 31.2 Å². The Kier molecular flexibility index (Phi) is 5.40. The molecule has 6 nitrogen and oxygen atoms in total. The Morgan fingerprint density at radius 2 is 1.58 bits per heavy atom. The van der Waals surface area contributed by atoms with Crippen LogP contribution in [0.5, 0.6) is 0 Å². The zero-order valence-corrected chi connectivity index (χ0v) is 15.7. The maximum Gasteiger partial charge on any atom is 0.332 e. The highest BCUT2D eigenvalue weighted by Gasteiger charge is 2.17. The van der Waals surface area contributed by atoms with Crippen LogP contribution in [0, 0.1) is 0 Å². The van der Waals surface area contributed by atoms with Gasteiger partial charge in [-0.3, -0.25) is 13.9 Å². The van der Waals surface area contributed by atoms with Gasteiger partial charge in [0, 0.05) is 18.7 Å². The van der Waals surface area contributed by atoms with Crippen LogP contribution in [0.25, 0.3) is 22.6 Å². The molecule has 0 aliphatic heterocycles. The van der Waals surface area contributed by atoms with E-state index >= 15 is 0 Å². The molecule has 3 aromatic rings. The molecule has 138 valence electrons. The van der Waals surface area contributed by atoms with Crippen LogP contribution in [0.15, 0.2) is 33.9 Å². The average Bonchev–Trinajstić information content (AvgIpc) is 3.08. The standard InChI is InChI=1S/C20H26N4O2/c1-4-7-14-8-10-15(11-9-14)17-21-16-18(22-17)23(12-5-2)20(26)24(13-6-3)19(16)25/h8-11H,4-7,12-13H2,1-3H3,(H,21,22). The molecular formula is C20H26N4O2. The second-order valence-electron chi connectivity index (χ2n) is 6.62. The average molecular weight is 354 g/mol. The van der Waals surface area contributed by atoms with E-state index in [4.69, 9.17) is 0 Å². The van der Waals surface area contributed by atoms with Crippen molar-refractivity contribution < 1.29 is 0 Å². The molecule has 3 rings (SSSR count). The first-order chi connectivity index (χ1) is 12.6. The summed E-state index contributed by atoms with van der Waals surface area (Å²) in [5, 5.41) is 0. The van der Waals surface area contributed by atoms with Crippen molar-refractivity contribution in [2.24, 2.45) is 0 Å². The zero-order chi connectivity index (χ0) is 18.7. The molecule has 0 fully saturated rings. The minimum atomic E-state index is -0.291. The normalized spacial score (nSPS) is 11.3. The summed E-state index contributed by atoms with van der Waals surface area (Å²) in [6.45, 7) is 7.07. The summed E-state index contributed by atoms with van der Waals surface area (Å²) in [7, 11) is 0. The molecule has 0 saturated heterocycles. The predicted molar refractivity (Wildman–Crippen MR) is 105 cm³/mol. The fourth-order valence-corrected chi connectivity index (χ4v) is 3.27. The lowest BCUT2D eigenvalue weighted by Crippen LogP contribution is -2.40. The van der Waals surface area contributed by atoms with Crippen LogP contribution in [-0.4, -0.2) is 19.1 Å². The Morgan fingerprint density at radius 3 is 2.19 bits per heavy atom. The summed E-state index contributed by atoms with van der Waals surface area (Å²) in [6, 6.07) is 8.19. The molecule has 6 heteroatoms. The molecule has 0 unspecified atom stereocenters. The number of nitrogens with zero attached hydrogens (tertiary/aromatic N) is 3. The Morgan fingerprint density at radius 1 is 0.923 bits per heavy atom. The highest BCUT2D eigenvalue weighted by atomic mass is 16.2. The van der Waals surface area contributed by atoms with Gasteiger partial charge in [-0.1, -0.05) is 51.5 Å². The van der Waals surface area contributed by atoms with Crippen molar-refractivity contribution >= 4 is 11.2 Å². The summed E-state index contributed by atoms with van der Waals surface area (Å²) in [5.74, 6) is 0.624. The van der Waals surface area contributed by atoms with Crippen molar-refractivity contribution in [2.45, 2.75) is 59.5 Å². The Balaban J connectivity index is 2.18. The fourth-order valence-electron chi connectivity index (χ4n) is 3.27. The molecule has 2 heterocycles. The lowest BCUT2D eigenvalue weighted by molar-refractivity contribution is 0.555. The molecule has 0 saturated carbocycles. The number of rotatable bonds is 7. The molecule has 0 aliphatic rings. The minimum Gasteiger partial charge on any atom is -0.332 e. The van der Waals surface area contributed by atoms with Crippen LogP contribution in [0.4, 0.5) is 0 Å². The third kappa shape index (κ3) is 3.23. The highest BCUT2D eigenvalue weighted by molar-refractivity contribution is 5.75. The number of nitrogens with one attached hydrogen (secondary N) is 1. The molecule has 0 bridgehead atoms. The zero-order valence-electron chi connectivity index (χ0n) is 15.7. The van der Waals surface area contributed by atoms with Crippen molar-refractivity contribution in [2.75, 3.05) is 0 Å². The van der Waals surface area contributed by atoms with Gasteiger partial charge in [-0.15, -0.1) is 0 Å². The maximum atomic E-state index is 12.8. The number of aromatic nitrogens is 4. The van der Waals surface area contributed by atoms with Gasteiger partial charge in [-0.2, -0.15) is 0 Å². The van der Waals surface area contributed by atoms with E-state index in [2.05, 4.69) is 29.0 Å². The predicted octanol–water partition coefficient (Wildman–Crippen LogP) is 3.33. The van der Waals surface area contributed by atoms with Crippen LogP contribution in [0.2, 0.25) is 0 Å². The van der Waals surface area contributed by atoms with Gasteiger partial charge in [0.1, 0.15) is 11.3 Å². The van der Waals surface area contributed by atoms with Gasteiger partial charge in [-0.25, -0.2) is 9.78 Å². The third-order valence-electron chi connectivity index (χ3n) is 4.52. The molecule has 0 amide bonds. The molecule has 2 aromatic heterocycles. The number of hydrogen-bond acceptors (Lipinski definition) is 3. The molecule has 0 radical (unpaired) electrons. The van der Waals surface area contributed by atoms with Crippen LogP contribution in [0.1, 0.15) is 45.6 Å². The van der Waals surface area contributed by atoms with E-state index in [1.165, 1.54) is 10.1 Å². The molecular weight excluding hydrogens is 328 g/mol. The first-order valence-corrected chi connectivity index (χ1v) is 9.43. The SMILES string of the molecule is CCCc1ccc(-c2nc3c([nH]2)c(=O)n(CCC)c(=O)n3CCC)cc1. The summed E-state index contributed by atoms with van der Waals surface area (Å²) < 4.78 is 2.92. The monoisotopic (exact) mass is 354 g/mol. The quantitative estimate of drug-likeness (QED) is 0.707. The van der Waals surface area contributed by atoms with Crippen LogP contribution in [0.3, 0.4) is 0 Å². The van der Waals surface area contributed by atoms with Gasteiger partial charge in [0.05, 0.1) is 0 Å². The number of imidazole rings is 1. The smallest absolute Gasteiger partial charge is 0.332 e. The molecule has 0 aliphatic carbocycles. The van der Waals surface area contributed by atoms with E-state index in [0.29, 0.717) is 30.1 Å². The lowest BCUT2D eigenvalue weighted by atomic mass is 10.1. The van der Waals surface area contributed by atoms with Crippen molar-refractivity contribution in [1.29, 1.82) is 0 Å². The van der Waals surface area contributed by atoms with Crippen molar-refractivity contribution in [3.8, 4) is 11.4 Å². The topological polar surface area (TPSA) is 72.7 Å². The van der Waals surface area contributed by atoms with E-state index in [-0.39, 0.29) is 11.2 Å². The minimum absolute atomic E-state index is 0.275. The van der Waals surface area contributed by atoms with E-state index in [1.807, 2.05) is 26.0 Å². The molecule has 0 atom stereocenters. The summed E-state index contributed by atoms with van der Waals surface area (Å²) in [6.07, 6.45) is 3.67. The second kappa shape index (κ2) is 7.72. The van der Waals surface area contributed by atoms with E-state index in [9.17, 15) is 9.59 Å².